The predicted molar refractivity (Wildman–Crippen MR) is 149 cm³/mol. The second-order valence-electron chi connectivity index (χ2n) is 10.3. The fourth-order valence-electron chi connectivity index (χ4n) is 5.61. The molecule has 40 heavy (non-hydrogen) atoms. The molecule has 0 amide bonds. The highest BCUT2D eigenvalue weighted by Crippen LogP contribution is 2.34. The number of hydrogen-bond acceptors (Lipinski definition) is 6. The molecule has 0 atom stereocenters. The summed E-state index contributed by atoms with van der Waals surface area (Å²) in [5.74, 6) is 0.252. The van der Waals surface area contributed by atoms with E-state index in [1.807, 2.05) is 6.07 Å². The van der Waals surface area contributed by atoms with E-state index in [0.29, 0.717) is 51.4 Å². The molecule has 200 valence electrons. The van der Waals surface area contributed by atoms with E-state index in [0.717, 1.165) is 18.0 Å². The van der Waals surface area contributed by atoms with E-state index >= 15 is 4.39 Å². The first kappa shape index (κ1) is 24.5. The number of H-pyrrole nitrogens is 2. The summed E-state index contributed by atoms with van der Waals surface area (Å²) >= 11 is 0. The molecule has 3 N–H and O–H groups in total. The number of aromatic amines is 2. The molecule has 1 aromatic carbocycles. The molecule has 1 saturated carbocycles. The first-order valence-corrected chi connectivity index (χ1v) is 13.4. The molecule has 1 aliphatic rings. The second kappa shape index (κ2) is 10.2. The molecule has 6 aromatic rings. The van der Waals surface area contributed by atoms with Crippen LogP contribution in [0.4, 0.5) is 8.78 Å². The minimum atomic E-state index is -0.467. The number of imidazole rings is 1. The summed E-state index contributed by atoms with van der Waals surface area (Å²) in [4.78, 5) is 21.0. The molecule has 0 spiro atoms. The third kappa shape index (κ3) is 4.50. The van der Waals surface area contributed by atoms with Gasteiger partial charge in [0, 0.05) is 48.0 Å². The van der Waals surface area contributed by atoms with Crippen LogP contribution in [0, 0.1) is 17.6 Å². The largest absolute Gasteiger partial charge is 0.321 e. The number of pyridine rings is 3. The van der Waals surface area contributed by atoms with Gasteiger partial charge < -0.3 is 10.3 Å². The fraction of sp³-hybridized carbons (Fsp3) is 0.233. The van der Waals surface area contributed by atoms with Gasteiger partial charge in [0.15, 0.2) is 17.1 Å². The van der Waals surface area contributed by atoms with Crippen molar-refractivity contribution in [3.63, 3.8) is 0 Å². The van der Waals surface area contributed by atoms with Crippen molar-refractivity contribution in [2.24, 2.45) is 5.92 Å². The number of nitrogens with zero attached hydrogens (tertiary/aromatic N) is 5. The molecule has 0 unspecified atom stereocenters. The van der Waals surface area contributed by atoms with E-state index < -0.39 is 5.82 Å². The molecule has 7 rings (SSSR count). The van der Waals surface area contributed by atoms with Crippen molar-refractivity contribution < 1.29 is 8.78 Å². The first-order chi connectivity index (χ1) is 19.6. The number of nitrogens with one attached hydrogen (secondary N) is 3. The van der Waals surface area contributed by atoms with Crippen LogP contribution in [-0.4, -0.2) is 41.7 Å². The second-order valence-corrected chi connectivity index (χ2v) is 10.3. The number of fused-ring (bicyclic) bond motifs is 2. The molecule has 10 heteroatoms. The zero-order valence-corrected chi connectivity index (χ0v) is 21.6. The van der Waals surface area contributed by atoms with E-state index in [9.17, 15) is 4.39 Å². The van der Waals surface area contributed by atoms with Crippen LogP contribution in [0.3, 0.4) is 0 Å². The van der Waals surface area contributed by atoms with Gasteiger partial charge in [0.2, 0.25) is 0 Å². The van der Waals surface area contributed by atoms with E-state index in [4.69, 9.17) is 4.98 Å². The first-order valence-electron chi connectivity index (χ1n) is 13.4. The van der Waals surface area contributed by atoms with Crippen LogP contribution in [0.2, 0.25) is 0 Å². The van der Waals surface area contributed by atoms with Crippen molar-refractivity contribution in [3.8, 4) is 33.8 Å². The standard InChI is InChI=1S/C30H26F2N8/c31-21-7-3-6-19(11-21)22-8-9-35-29-26(22)37-30(38-29)27-24-25(32)23(16-36-28(24)40-39-27)20-10-18(14-34-15-20)13-33-12-17-4-1-2-5-17/h3,6-11,14-17,33H,1-2,4-5,12-13H2,(H,35,37,38)(H,36,39,40). The van der Waals surface area contributed by atoms with Crippen LogP contribution in [0.5, 0.6) is 0 Å². The van der Waals surface area contributed by atoms with Gasteiger partial charge in [-0.1, -0.05) is 25.0 Å². The van der Waals surface area contributed by atoms with Gasteiger partial charge in [-0.3, -0.25) is 10.1 Å². The maximum atomic E-state index is 16.1. The molecule has 5 aromatic heterocycles. The number of halogens is 2. The normalized spacial score (nSPS) is 14.1. The minimum Gasteiger partial charge on any atom is -0.321 e. The van der Waals surface area contributed by atoms with E-state index in [1.54, 1.807) is 36.8 Å². The third-order valence-electron chi connectivity index (χ3n) is 7.61. The van der Waals surface area contributed by atoms with Gasteiger partial charge in [-0.25, -0.2) is 23.7 Å². The van der Waals surface area contributed by atoms with Crippen molar-refractivity contribution in [2.75, 3.05) is 6.54 Å². The molecule has 0 bridgehead atoms. The minimum absolute atomic E-state index is 0.216. The Balaban J connectivity index is 1.24. The lowest BCUT2D eigenvalue weighted by molar-refractivity contribution is 0.489. The summed E-state index contributed by atoms with van der Waals surface area (Å²) in [7, 11) is 0. The Bertz CT molecular complexity index is 1840. The highest BCUT2D eigenvalue weighted by atomic mass is 19.1. The van der Waals surface area contributed by atoms with E-state index in [1.165, 1.54) is 44.0 Å². The molecule has 1 aliphatic carbocycles. The lowest BCUT2D eigenvalue weighted by atomic mass is 10.0. The van der Waals surface area contributed by atoms with Crippen LogP contribution < -0.4 is 5.32 Å². The summed E-state index contributed by atoms with van der Waals surface area (Å²) < 4.78 is 30.0. The van der Waals surface area contributed by atoms with Crippen molar-refractivity contribution in [1.82, 2.24) is 40.4 Å². The summed E-state index contributed by atoms with van der Waals surface area (Å²) in [6, 6.07) is 9.99. The zero-order chi connectivity index (χ0) is 27.1. The van der Waals surface area contributed by atoms with Gasteiger partial charge in [0.05, 0.1) is 5.39 Å². The Labute approximate surface area is 228 Å². The SMILES string of the molecule is Fc1cccc(-c2ccnc3[nH]c(-c4n[nH]c5ncc(-c6cncc(CNCC7CCCC7)c6)c(F)c45)nc23)c1. The molecule has 0 saturated heterocycles. The molecule has 0 aliphatic heterocycles. The van der Waals surface area contributed by atoms with Crippen molar-refractivity contribution in [2.45, 2.75) is 32.2 Å². The topological polar surface area (TPSA) is 108 Å². The zero-order valence-electron chi connectivity index (χ0n) is 21.6. The highest BCUT2D eigenvalue weighted by molar-refractivity contribution is 5.96. The van der Waals surface area contributed by atoms with Crippen LogP contribution in [-0.2, 0) is 6.54 Å². The number of rotatable bonds is 7. The Morgan fingerprint density at radius 3 is 2.70 bits per heavy atom. The van der Waals surface area contributed by atoms with Crippen molar-refractivity contribution in [1.29, 1.82) is 0 Å². The number of hydrogen-bond donors (Lipinski definition) is 3. The Morgan fingerprint density at radius 2 is 1.82 bits per heavy atom. The smallest absolute Gasteiger partial charge is 0.161 e. The Morgan fingerprint density at radius 1 is 0.925 bits per heavy atom. The van der Waals surface area contributed by atoms with Gasteiger partial charge in [-0.05, 0) is 60.7 Å². The average molecular weight is 537 g/mol. The maximum absolute atomic E-state index is 16.1. The quantitative estimate of drug-likeness (QED) is 0.225. The van der Waals surface area contributed by atoms with Crippen LogP contribution in [0.1, 0.15) is 31.2 Å². The summed E-state index contributed by atoms with van der Waals surface area (Å²) in [6.07, 6.45) is 11.7. The predicted octanol–water partition coefficient (Wildman–Crippen LogP) is 6.18. The molecule has 8 nitrogen and oxygen atoms in total. The van der Waals surface area contributed by atoms with E-state index in [-0.39, 0.29) is 16.9 Å². The lowest BCUT2D eigenvalue weighted by Crippen LogP contribution is -2.20. The average Bonchev–Trinajstić information content (AvgIpc) is 3.73. The van der Waals surface area contributed by atoms with Crippen LogP contribution >= 0.6 is 0 Å². The molecular weight excluding hydrogens is 510 g/mol. The molecular formula is C30H26F2N8. The Hall–Kier alpha value is -4.57. The number of benzene rings is 1. The Kier molecular flexibility index (Phi) is 6.24. The van der Waals surface area contributed by atoms with Gasteiger partial charge in [-0.15, -0.1) is 0 Å². The monoisotopic (exact) mass is 536 g/mol. The highest BCUT2D eigenvalue weighted by Gasteiger charge is 2.22. The van der Waals surface area contributed by atoms with Crippen molar-refractivity contribution >= 4 is 22.2 Å². The van der Waals surface area contributed by atoms with Crippen LogP contribution in [0.15, 0.2) is 61.2 Å². The van der Waals surface area contributed by atoms with E-state index in [2.05, 4.69) is 35.5 Å². The van der Waals surface area contributed by atoms with Crippen LogP contribution in [0.25, 0.3) is 56.0 Å². The number of aromatic nitrogens is 7. The van der Waals surface area contributed by atoms with Gasteiger partial charge in [-0.2, -0.15) is 5.10 Å². The summed E-state index contributed by atoms with van der Waals surface area (Å²) in [6.45, 7) is 1.66. The lowest BCUT2D eigenvalue weighted by Gasteiger charge is -2.11. The van der Waals surface area contributed by atoms with Gasteiger partial charge in [0.1, 0.15) is 22.8 Å². The summed E-state index contributed by atoms with van der Waals surface area (Å²) in [5.41, 5.74) is 4.92. The molecule has 1 fully saturated rings. The third-order valence-corrected chi connectivity index (χ3v) is 7.61. The summed E-state index contributed by atoms with van der Waals surface area (Å²) in [5, 5.41) is 10.9. The molecule has 0 radical (unpaired) electrons. The molecule has 5 heterocycles. The maximum Gasteiger partial charge on any atom is 0.161 e. The van der Waals surface area contributed by atoms with Crippen molar-refractivity contribution in [3.05, 3.63) is 78.4 Å². The van der Waals surface area contributed by atoms with Gasteiger partial charge in [0.25, 0.3) is 0 Å². The van der Waals surface area contributed by atoms with Gasteiger partial charge >= 0.3 is 0 Å². The fourth-order valence-corrected chi connectivity index (χ4v) is 5.61.